The van der Waals surface area contributed by atoms with E-state index in [0.29, 0.717) is 12.8 Å². The molecule has 0 spiro atoms. The lowest BCUT2D eigenvalue weighted by Crippen LogP contribution is -2.53. The number of rotatable bonds is 3. The Kier molecular flexibility index (Phi) is 3.49. The van der Waals surface area contributed by atoms with Gasteiger partial charge >= 0.3 is 4.45 Å². The average Bonchev–Trinajstić information content (AvgIpc) is 2.20. The van der Waals surface area contributed by atoms with E-state index in [4.69, 9.17) is 9.47 Å². The van der Waals surface area contributed by atoms with Gasteiger partial charge in [-0.25, -0.2) is 0 Å². The summed E-state index contributed by atoms with van der Waals surface area (Å²) >= 11 is 3.02. The van der Waals surface area contributed by atoms with Crippen LogP contribution in [-0.2, 0) is 9.47 Å². The molecule has 0 bridgehead atoms. The quantitative estimate of drug-likeness (QED) is 0.339. The predicted molar refractivity (Wildman–Crippen MR) is 53.9 cm³/mol. The summed E-state index contributed by atoms with van der Waals surface area (Å²) in [4.78, 5) is 10.2. The summed E-state index contributed by atoms with van der Waals surface area (Å²) in [5.41, 5.74) is 0. The fourth-order valence-corrected chi connectivity index (χ4v) is 1.56. The molecule has 14 heavy (non-hydrogen) atoms. The molecular formula is C8H14BrNO4. The lowest BCUT2D eigenvalue weighted by molar-refractivity contribution is -0.562. The van der Waals surface area contributed by atoms with Crippen molar-refractivity contribution < 1.29 is 14.4 Å². The molecule has 1 fully saturated rings. The lowest BCUT2D eigenvalue weighted by Gasteiger charge is -2.39. The highest BCUT2D eigenvalue weighted by Gasteiger charge is 2.49. The first-order valence-corrected chi connectivity index (χ1v) is 5.38. The Morgan fingerprint density at radius 1 is 1.36 bits per heavy atom. The van der Waals surface area contributed by atoms with Crippen molar-refractivity contribution in [3.8, 4) is 0 Å². The van der Waals surface area contributed by atoms with E-state index in [1.54, 1.807) is 0 Å². The molecule has 0 radical (unpaired) electrons. The fourth-order valence-electron chi connectivity index (χ4n) is 1.33. The molecular weight excluding hydrogens is 254 g/mol. The minimum atomic E-state index is -1.28. The molecule has 0 amide bonds. The minimum Gasteiger partial charge on any atom is -0.341 e. The number of hydrogen-bond donors (Lipinski definition) is 0. The van der Waals surface area contributed by atoms with Crippen LogP contribution in [0.1, 0.15) is 26.7 Å². The van der Waals surface area contributed by atoms with E-state index >= 15 is 0 Å². The van der Waals surface area contributed by atoms with E-state index in [0.717, 1.165) is 0 Å². The first-order valence-electron chi connectivity index (χ1n) is 4.59. The van der Waals surface area contributed by atoms with Crippen molar-refractivity contribution in [1.29, 1.82) is 0 Å². The van der Waals surface area contributed by atoms with Gasteiger partial charge in [-0.05, 0) is 12.8 Å². The van der Waals surface area contributed by atoms with Gasteiger partial charge in [0.15, 0.2) is 5.79 Å². The molecule has 6 heteroatoms. The maximum Gasteiger partial charge on any atom is 0.320 e. The second-order valence-electron chi connectivity index (χ2n) is 3.37. The molecule has 1 aliphatic rings. The average molecular weight is 268 g/mol. The second-order valence-corrected chi connectivity index (χ2v) is 4.85. The van der Waals surface area contributed by atoms with E-state index in [2.05, 4.69) is 15.9 Å². The van der Waals surface area contributed by atoms with Gasteiger partial charge in [0, 0.05) is 20.9 Å². The maximum atomic E-state index is 10.7. The van der Waals surface area contributed by atoms with Gasteiger partial charge < -0.3 is 9.47 Å². The van der Waals surface area contributed by atoms with Crippen LogP contribution < -0.4 is 0 Å². The molecule has 1 aliphatic heterocycles. The number of nitrogens with zero attached hydrogens (tertiary/aromatic N) is 1. The zero-order chi connectivity index (χ0) is 10.8. The first-order chi connectivity index (χ1) is 6.48. The summed E-state index contributed by atoms with van der Waals surface area (Å²) < 4.78 is 9.58. The van der Waals surface area contributed by atoms with Crippen LogP contribution in [0.3, 0.4) is 0 Å². The smallest absolute Gasteiger partial charge is 0.320 e. The third kappa shape index (κ3) is 2.07. The summed E-state index contributed by atoms with van der Waals surface area (Å²) in [5.74, 6) is -0.632. The Labute approximate surface area is 91.0 Å². The second kappa shape index (κ2) is 4.12. The maximum absolute atomic E-state index is 10.7. The largest absolute Gasteiger partial charge is 0.341 e. The van der Waals surface area contributed by atoms with Crippen LogP contribution in [-0.4, -0.2) is 28.4 Å². The van der Waals surface area contributed by atoms with E-state index in [1.165, 1.54) is 0 Å². The zero-order valence-electron chi connectivity index (χ0n) is 8.29. The van der Waals surface area contributed by atoms with Crippen molar-refractivity contribution in [2.75, 3.05) is 13.2 Å². The van der Waals surface area contributed by atoms with Gasteiger partial charge in [0.25, 0.3) is 0 Å². The van der Waals surface area contributed by atoms with Gasteiger partial charge in [-0.1, -0.05) is 13.8 Å². The molecule has 0 saturated carbocycles. The molecule has 0 unspecified atom stereocenters. The van der Waals surface area contributed by atoms with Crippen LogP contribution >= 0.6 is 15.9 Å². The molecule has 0 aliphatic carbocycles. The molecule has 1 saturated heterocycles. The molecule has 0 aromatic rings. The van der Waals surface area contributed by atoms with Crippen molar-refractivity contribution >= 4 is 15.9 Å². The van der Waals surface area contributed by atoms with Gasteiger partial charge in [-0.15, -0.1) is 0 Å². The van der Waals surface area contributed by atoms with E-state index in [-0.39, 0.29) is 13.2 Å². The van der Waals surface area contributed by atoms with Gasteiger partial charge in [0.2, 0.25) is 0 Å². The highest BCUT2D eigenvalue weighted by molar-refractivity contribution is 9.10. The molecule has 0 N–H and O–H groups in total. The van der Waals surface area contributed by atoms with Crippen LogP contribution in [0.25, 0.3) is 0 Å². The highest BCUT2D eigenvalue weighted by atomic mass is 79.9. The summed E-state index contributed by atoms with van der Waals surface area (Å²) in [6.07, 6.45) is 1.40. The van der Waals surface area contributed by atoms with Crippen molar-refractivity contribution in [1.82, 2.24) is 0 Å². The fraction of sp³-hybridized carbons (Fsp3) is 1.00. The Morgan fingerprint density at radius 2 is 1.79 bits per heavy atom. The van der Waals surface area contributed by atoms with E-state index < -0.39 is 15.2 Å². The van der Waals surface area contributed by atoms with Crippen LogP contribution in [0.2, 0.25) is 0 Å². The number of nitro groups is 1. The first kappa shape index (κ1) is 11.9. The van der Waals surface area contributed by atoms with Crippen molar-refractivity contribution in [3.63, 3.8) is 0 Å². The number of ether oxygens (including phenoxy) is 2. The van der Waals surface area contributed by atoms with Crippen molar-refractivity contribution in [2.24, 2.45) is 0 Å². The van der Waals surface area contributed by atoms with Crippen LogP contribution in [0.5, 0.6) is 0 Å². The summed E-state index contributed by atoms with van der Waals surface area (Å²) in [5, 5.41) is 10.7. The third-order valence-corrected chi connectivity index (χ3v) is 3.26. The number of hydrogen-bond acceptors (Lipinski definition) is 4. The lowest BCUT2D eigenvalue weighted by atomic mass is 10.1. The Balaban J connectivity index is 2.65. The summed E-state index contributed by atoms with van der Waals surface area (Å²) in [7, 11) is 0. The van der Waals surface area contributed by atoms with Crippen LogP contribution in [0.15, 0.2) is 0 Å². The topological polar surface area (TPSA) is 61.6 Å². The minimum absolute atomic E-state index is 0.0433. The van der Waals surface area contributed by atoms with Crippen LogP contribution in [0.4, 0.5) is 0 Å². The van der Waals surface area contributed by atoms with E-state index in [9.17, 15) is 10.1 Å². The Hall–Kier alpha value is -0.200. The van der Waals surface area contributed by atoms with Crippen LogP contribution in [0, 0.1) is 10.1 Å². The number of alkyl halides is 1. The monoisotopic (exact) mass is 267 g/mol. The zero-order valence-corrected chi connectivity index (χ0v) is 9.87. The molecule has 82 valence electrons. The van der Waals surface area contributed by atoms with Crippen molar-refractivity contribution in [2.45, 2.75) is 36.9 Å². The number of halogens is 1. The van der Waals surface area contributed by atoms with E-state index in [1.807, 2.05) is 13.8 Å². The standard InChI is InChI=1S/C8H14BrNO4/c1-3-8(4-2)13-5-7(9,6-14-8)10(11)12/h3-6H2,1-2H3. The van der Waals surface area contributed by atoms with Gasteiger partial charge in [0.1, 0.15) is 13.2 Å². The molecule has 0 aromatic heterocycles. The molecule has 1 rings (SSSR count). The molecule has 0 aromatic carbocycles. The summed E-state index contributed by atoms with van der Waals surface area (Å²) in [6.45, 7) is 3.97. The van der Waals surface area contributed by atoms with Gasteiger partial charge in [0.05, 0.1) is 0 Å². The van der Waals surface area contributed by atoms with Crippen molar-refractivity contribution in [3.05, 3.63) is 10.1 Å². The third-order valence-electron chi connectivity index (χ3n) is 2.52. The highest BCUT2D eigenvalue weighted by Crippen LogP contribution is 2.34. The van der Waals surface area contributed by atoms with Gasteiger partial charge in [-0.3, -0.25) is 10.1 Å². The Morgan fingerprint density at radius 3 is 2.07 bits per heavy atom. The summed E-state index contributed by atoms with van der Waals surface area (Å²) in [6, 6.07) is 0. The molecule has 0 atom stereocenters. The van der Waals surface area contributed by atoms with Gasteiger partial charge in [-0.2, -0.15) is 0 Å². The Bertz CT molecular complexity index is 219. The normalized spacial score (nSPS) is 24.5. The molecule has 1 heterocycles. The SMILES string of the molecule is CCC1(CC)OCC(Br)([N+](=O)[O-])CO1. The molecule has 5 nitrogen and oxygen atoms in total. The predicted octanol–water partition coefficient (Wildman–Crippen LogP) is 1.92.